The molecule has 0 aromatic carbocycles. The fourth-order valence-corrected chi connectivity index (χ4v) is 9.38. The van der Waals surface area contributed by atoms with Gasteiger partial charge in [-0.2, -0.15) is 0 Å². The van der Waals surface area contributed by atoms with Crippen molar-refractivity contribution in [2.75, 3.05) is 75.8 Å². The standard InChI is InChI=1S/C28H35FN6O4.C23H27FN6O2.CH4/c1-28(2,3)39-27(37)35-12-13-38-25-15-21(31-18-24(25)35)17-30-20-6-8-33(9-7-20)10-11-34-23-14-19(29)16-32-22(23)4-5-26(34)36;24-16-11-21-19(28-13-16)1-2-23(31)30(21)9-8-29-6-3-17(4-7-29)26-14-18-12-22-20(15-27-18)25-5-10-32-22;/h4-5,14-16,18,20,30H,6-13,17H2,1-3H3;1-2,11-13,15,17,25-26H,3-10,14H2;1H4. The predicted octanol–water partition coefficient (Wildman–Crippen LogP) is 5.94. The second-order valence-electron chi connectivity index (χ2n) is 19.3. The maximum Gasteiger partial charge on any atom is 0.415 e. The topological polar surface area (TPSA) is 186 Å². The van der Waals surface area contributed by atoms with Crippen LogP contribution in [0.4, 0.5) is 25.0 Å². The summed E-state index contributed by atoms with van der Waals surface area (Å²) in [5, 5.41) is 10.5. The van der Waals surface area contributed by atoms with Crippen molar-refractivity contribution in [3.8, 4) is 11.5 Å². The van der Waals surface area contributed by atoms with Crippen LogP contribution in [-0.4, -0.2) is 128 Å². The molecule has 2 fully saturated rings. The molecule has 0 radical (unpaired) electrons. The van der Waals surface area contributed by atoms with E-state index in [0.29, 0.717) is 98.1 Å². The van der Waals surface area contributed by atoms with Gasteiger partial charge in [-0.05, 0) is 84.8 Å². The third kappa shape index (κ3) is 13.1. The van der Waals surface area contributed by atoms with Crippen LogP contribution in [0.3, 0.4) is 0 Å². The van der Waals surface area contributed by atoms with Gasteiger partial charge in [0.25, 0.3) is 11.1 Å². The number of piperidine rings is 2. The fraction of sp³-hybridized carbons (Fsp3) is 0.481. The molecular weight excluding hydrogens is 927 g/mol. The lowest BCUT2D eigenvalue weighted by Crippen LogP contribution is -2.43. The van der Waals surface area contributed by atoms with E-state index in [1.54, 1.807) is 32.4 Å². The molecule has 2 saturated heterocycles. The van der Waals surface area contributed by atoms with Crippen molar-refractivity contribution in [2.45, 2.75) is 97.7 Å². The van der Waals surface area contributed by atoms with Gasteiger partial charge in [-0.3, -0.25) is 34.4 Å². The van der Waals surface area contributed by atoms with Gasteiger partial charge in [0, 0.05) is 94.3 Å². The molecule has 3 N–H and O–H groups in total. The molecule has 0 saturated carbocycles. The van der Waals surface area contributed by atoms with E-state index in [9.17, 15) is 23.2 Å². The van der Waals surface area contributed by atoms with Crippen LogP contribution in [0.15, 0.2) is 82.9 Å². The van der Waals surface area contributed by atoms with Gasteiger partial charge in [-0.1, -0.05) is 7.43 Å². The summed E-state index contributed by atoms with van der Waals surface area (Å²) in [6.07, 6.45) is 9.45. The molecule has 0 spiro atoms. The number of fused-ring (bicyclic) bond motifs is 4. The lowest BCUT2D eigenvalue weighted by molar-refractivity contribution is 0.0567. The second kappa shape index (κ2) is 23.3. The fourth-order valence-electron chi connectivity index (χ4n) is 9.38. The minimum absolute atomic E-state index is 0. The van der Waals surface area contributed by atoms with Crippen molar-refractivity contribution in [1.82, 2.24) is 49.5 Å². The molecule has 10 rings (SSSR count). The molecule has 4 aliphatic heterocycles. The normalized spacial score (nSPS) is 16.6. The van der Waals surface area contributed by atoms with E-state index in [1.807, 2.05) is 39.1 Å². The van der Waals surface area contributed by atoms with Crippen molar-refractivity contribution in [2.24, 2.45) is 0 Å². The number of rotatable bonds is 12. The van der Waals surface area contributed by atoms with E-state index in [1.165, 1.54) is 36.7 Å². The summed E-state index contributed by atoms with van der Waals surface area (Å²) in [6, 6.07) is 13.7. The number of ether oxygens (including phenoxy) is 3. The summed E-state index contributed by atoms with van der Waals surface area (Å²) in [5.41, 5.74) is 4.86. The molecule has 10 heterocycles. The van der Waals surface area contributed by atoms with Gasteiger partial charge >= 0.3 is 6.09 Å². The Hall–Kier alpha value is -6.61. The molecular formula is C52H66F2N12O6. The zero-order valence-electron chi connectivity index (χ0n) is 40.5. The number of carbonyl (C=O) groups is 1. The molecule has 0 bridgehead atoms. The van der Waals surface area contributed by atoms with Gasteiger partial charge < -0.3 is 49.1 Å². The van der Waals surface area contributed by atoms with Crippen molar-refractivity contribution in [3.05, 3.63) is 117 Å². The number of halogens is 2. The lowest BCUT2D eigenvalue weighted by atomic mass is 10.0. The summed E-state index contributed by atoms with van der Waals surface area (Å²) >= 11 is 0. The Morgan fingerprint density at radius 2 is 1.19 bits per heavy atom. The Labute approximate surface area is 417 Å². The average Bonchev–Trinajstić information content (AvgIpc) is 3.37. The zero-order valence-corrected chi connectivity index (χ0v) is 40.5. The summed E-state index contributed by atoms with van der Waals surface area (Å²) < 4.78 is 47.6. The summed E-state index contributed by atoms with van der Waals surface area (Å²) in [5.74, 6) is 0.623. The number of likely N-dealkylation sites (tertiary alicyclic amines) is 2. The quantitative estimate of drug-likeness (QED) is 0.131. The number of nitrogens with one attached hydrogen (secondary N) is 3. The highest BCUT2D eigenvalue weighted by Crippen LogP contribution is 2.33. The first kappa shape index (κ1) is 51.7. The van der Waals surface area contributed by atoms with Crippen molar-refractivity contribution < 1.29 is 27.8 Å². The Balaban J connectivity index is 0.000000193. The Morgan fingerprint density at radius 1 is 0.681 bits per heavy atom. The number of aromatic nitrogens is 6. The minimum Gasteiger partial charge on any atom is -0.489 e. The first-order chi connectivity index (χ1) is 34.3. The van der Waals surface area contributed by atoms with Gasteiger partial charge in [0.15, 0.2) is 0 Å². The van der Waals surface area contributed by atoms with Crippen molar-refractivity contribution in [3.63, 3.8) is 0 Å². The van der Waals surface area contributed by atoms with Crippen molar-refractivity contribution in [1.29, 1.82) is 0 Å². The SMILES string of the molecule is C.CC(C)(C)OC(=O)N1CCOc2cc(CNC3CCN(CCn4c(=O)ccc5ncc(F)cc54)CC3)ncc21.O=c1ccc2ncc(F)cc2n1CCN1CCC(NCc2cc3c(cn2)NCCO3)CC1. The van der Waals surface area contributed by atoms with Crippen LogP contribution in [0.1, 0.15) is 65.3 Å². The first-order valence-electron chi connectivity index (χ1n) is 24.5. The van der Waals surface area contributed by atoms with Crippen LogP contribution in [0.25, 0.3) is 22.1 Å². The molecule has 6 aromatic heterocycles. The highest BCUT2D eigenvalue weighted by molar-refractivity contribution is 5.90. The van der Waals surface area contributed by atoms with Gasteiger partial charge in [-0.15, -0.1) is 0 Å². The maximum absolute atomic E-state index is 13.7. The van der Waals surface area contributed by atoms with Crippen LogP contribution >= 0.6 is 0 Å². The molecule has 20 heteroatoms. The number of hydrogen-bond donors (Lipinski definition) is 3. The Bertz CT molecular complexity index is 2950. The Morgan fingerprint density at radius 3 is 1.74 bits per heavy atom. The van der Waals surface area contributed by atoms with Gasteiger partial charge in [0.2, 0.25) is 0 Å². The molecule has 1 amide bonds. The van der Waals surface area contributed by atoms with E-state index in [2.05, 4.69) is 45.7 Å². The largest absolute Gasteiger partial charge is 0.489 e. The molecule has 384 valence electrons. The van der Waals surface area contributed by atoms with Crippen molar-refractivity contribution >= 4 is 39.5 Å². The highest BCUT2D eigenvalue weighted by atomic mass is 19.1. The first-order valence-corrected chi connectivity index (χ1v) is 24.5. The molecule has 0 atom stereocenters. The third-order valence-corrected chi connectivity index (χ3v) is 13.2. The van der Waals surface area contributed by atoms with E-state index in [0.717, 1.165) is 87.8 Å². The summed E-state index contributed by atoms with van der Waals surface area (Å²) in [4.78, 5) is 60.9. The van der Waals surface area contributed by atoms with E-state index < -0.39 is 23.3 Å². The molecule has 0 aliphatic carbocycles. The summed E-state index contributed by atoms with van der Waals surface area (Å²) in [6.45, 7) is 15.3. The number of amides is 1. The van der Waals surface area contributed by atoms with Crippen LogP contribution in [0.5, 0.6) is 11.5 Å². The molecule has 6 aromatic rings. The molecule has 72 heavy (non-hydrogen) atoms. The van der Waals surface area contributed by atoms with Gasteiger partial charge in [0.05, 0.1) is 70.5 Å². The molecule has 0 unspecified atom stereocenters. The highest BCUT2D eigenvalue weighted by Gasteiger charge is 2.29. The number of nitrogens with zero attached hydrogens (tertiary/aromatic N) is 9. The predicted molar refractivity (Wildman–Crippen MR) is 273 cm³/mol. The molecule has 4 aliphatic rings. The van der Waals surface area contributed by atoms with E-state index in [4.69, 9.17) is 14.2 Å². The monoisotopic (exact) mass is 993 g/mol. The third-order valence-electron chi connectivity index (χ3n) is 13.2. The smallest absolute Gasteiger partial charge is 0.415 e. The second-order valence-corrected chi connectivity index (χ2v) is 19.3. The minimum atomic E-state index is -0.576. The van der Waals surface area contributed by atoms with Crippen LogP contribution in [-0.2, 0) is 30.9 Å². The lowest BCUT2D eigenvalue weighted by Gasteiger charge is -2.33. The summed E-state index contributed by atoms with van der Waals surface area (Å²) in [7, 11) is 0. The van der Waals surface area contributed by atoms with E-state index in [-0.39, 0.29) is 18.5 Å². The number of anilines is 2. The van der Waals surface area contributed by atoms with Gasteiger partial charge in [-0.25, -0.2) is 13.6 Å². The number of hydrogen-bond acceptors (Lipinski definition) is 15. The Kier molecular flexibility index (Phi) is 16.7. The maximum atomic E-state index is 13.7. The van der Waals surface area contributed by atoms with Crippen LogP contribution in [0, 0.1) is 11.6 Å². The van der Waals surface area contributed by atoms with E-state index >= 15 is 0 Å². The number of carbonyl (C=O) groups excluding carboxylic acids is 1. The molecule has 18 nitrogen and oxygen atoms in total. The zero-order chi connectivity index (χ0) is 49.5. The van der Waals surface area contributed by atoms with Crippen LogP contribution < -0.4 is 41.4 Å². The number of pyridine rings is 6. The van der Waals surface area contributed by atoms with Crippen LogP contribution in [0.2, 0.25) is 0 Å². The van der Waals surface area contributed by atoms with Gasteiger partial charge in [0.1, 0.15) is 47.6 Å². The average molecular weight is 993 g/mol.